The lowest BCUT2D eigenvalue weighted by atomic mass is 10.0. The lowest BCUT2D eigenvalue weighted by molar-refractivity contribution is -0.117. The number of benzene rings is 1. The van der Waals surface area contributed by atoms with Crippen molar-refractivity contribution in [3.05, 3.63) is 29.3 Å². The lowest BCUT2D eigenvalue weighted by Crippen LogP contribution is -2.38. The van der Waals surface area contributed by atoms with Gasteiger partial charge >= 0.3 is 0 Å². The van der Waals surface area contributed by atoms with Crippen LogP contribution in [0.1, 0.15) is 31.4 Å². The SMILES string of the molecule is CCC(=O)N=C1S[C@@H]2CS(=O)(=O)C[C@@H]2N1c1c(C)cccc1CC. The minimum Gasteiger partial charge on any atom is -0.315 e. The number of sulfone groups is 1. The fourth-order valence-electron chi connectivity index (χ4n) is 3.36. The second-order valence-corrected chi connectivity index (χ2v) is 9.61. The maximum atomic E-state index is 12.1. The summed E-state index contributed by atoms with van der Waals surface area (Å²) >= 11 is 1.43. The predicted octanol–water partition coefficient (Wildman–Crippen LogP) is 2.57. The highest BCUT2D eigenvalue weighted by atomic mass is 32.2. The maximum Gasteiger partial charge on any atom is 0.247 e. The molecule has 1 aromatic rings. The zero-order valence-electron chi connectivity index (χ0n) is 14.2. The summed E-state index contributed by atoms with van der Waals surface area (Å²) in [6, 6.07) is 5.95. The number of hydrogen-bond acceptors (Lipinski definition) is 4. The number of aliphatic imine (C=N–C) groups is 1. The Morgan fingerprint density at radius 1 is 1.33 bits per heavy atom. The number of amidine groups is 1. The van der Waals surface area contributed by atoms with Crippen LogP contribution in [0.25, 0.3) is 0 Å². The molecule has 3 rings (SSSR count). The van der Waals surface area contributed by atoms with Gasteiger partial charge in [0.1, 0.15) is 0 Å². The molecule has 2 fully saturated rings. The van der Waals surface area contributed by atoms with Crippen molar-refractivity contribution >= 4 is 38.4 Å². The van der Waals surface area contributed by atoms with Gasteiger partial charge in [-0.3, -0.25) is 4.79 Å². The summed E-state index contributed by atoms with van der Waals surface area (Å²) in [5.74, 6) is 0.115. The van der Waals surface area contributed by atoms with E-state index in [4.69, 9.17) is 0 Å². The normalized spacial score (nSPS) is 26.8. The molecule has 130 valence electrons. The van der Waals surface area contributed by atoms with Gasteiger partial charge in [0.05, 0.1) is 17.5 Å². The van der Waals surface area contributed by atoms with Crippen LogP contribution in [0.15, 0.2) is 23.2 Å². The number of anilines is 1. The zero-order valence-corrected chi connectivity index (χ0v) is 15.8. The standard InChI is InChI=1S/C17H22N2O3S2/c1-4-12-8-6-7-11(3)16(12)19-13-9-24(21,22)10-14(13)23-17(19)18-15(20)5-2/h6-8,13-14H,4-5,9-10H2,1-3H3/t13-,14+/m0/s1. The van der Waals surface area contributed by atoms with Crippen LogP contribution in [-0.4, -0.2) is 42.3 Å². The van der Waals surface area contributed by atoms with Crippen molar-refractivity contribution in [3.8, 4) is 0 Å². The molecule has 5 nitrogen and oxygen atoms in total. The van der Waals surface area contributed by atoms with Crippen molar-refractivity contribution in [2.45, 2.75) is 44.9 Å². The van der Waals surface area contributed by atoms with Gasteiger partial charge in [0.15, 0.2) is 15.0 Å². The summed E-state index contributed by atoms with van der Waals surface area (Å²) in [4.78, 5) is 18.2. The molecule has 7 heteroatoms. The molecule has 0 N–H and O–H groups in total. The second kappa shape index (κ2) is 6.52. The van der Waals surface area contributed by atoms with Gasteiger partial charge in [0, 0.05) is 17.4 Å². The first kappa shape index (κ1) is 17.5. The molecule has 0 unspecified atom stereocenters. The highest BCUT2D eigenvalue weighted by Crippen LogP contribution is 2.43. The quantitative estimate of drug-likeness (QED) is 0.822. The number of aryl methyl sites for hydroxylation is 2. The lowest BCUT2D eigenvalue weighted by Gasteiger charge is -2.28. The summed E-state index contributed by atoms with van der Waals surface area (Å²) in [6.45, 7) is 5.89. The van der Waals surface area contributed by atoms with Crippen LogP contribution in [0.2, 0.25) is 0 Å². The number of carbonyl (C=O) groups is 1. The first-order valence-corrected chi connectivity index (χ1v) is 10.9. The van der Waals surface area contributed by atoms with E-state index in [0.29, 0.717) is 11.6 Å². The molecular formula is C17H22N2O3S2. The largest absolute Gasteiger partial charge is 0.315 e. The van der Waals surface area contributed by atoms with E-state index in [1.807, 2.05) is 24.0 Å². The average Bonchev–Trinajstić information content (AvgIpc) is 2.98. The zero-order chi connectivity index (χ0) is 17.5. The van der Waals surface area contributed by atoms with Gasteiger partial charge in [-0.05, 0) is 24.5 Å². The minimum atomic E-state index is -3.04. The van der Waals surface area contributed by atoms with Crippen LogP contribution in [-0.2, 0) is 21.1 Å². The third-order valence-corrected chi connectivity index (χ3v) is 7.74. The number of carbonyl (C=O) groups excluding carboxylic acids is 1. The summed E-state index contributed by atoms with van der Waals surface area (Å²) < 4.78 is 24.2. The maximum absolute atomic E-state index is 12.1. The Hall–Kier alpha value is -1.34. The molecule has 2 aliphatic rings. The van der Waals surface area contributed by atoms with E-state index in [1.54, 1.807) is 6.92 Å². The van der Waals surface area contributed by atoms with E-state index < -0.39 is 9.84 Å². The van der Waals surface area contributed by atoms with Gasteiger partial charge in [0.25, 0.3) is 0 Å². The Kier molecular flexibility index (Phi) is 4.75. The first-order chi connectivity index (χ1) is 11.4. The van der Waals surface area contributed by atoms with E-state index in [1.165, 1.54) is 11.8 Å². The molecule has 0 spiro atoms. The average molecular weight is 367 g/mol. The smallest absolute Gasteiger partial charge is 0.247 e. The minimum absolute atomic E-state index is 0.0530. The van der Waals surface area contributed by atoms with Crippen molar-refractivity contribution in [2.75, 3.05) is 16.4 Å². The number of amides is 1. The van der Waals surface area contributed by atoms with Crippen molar-refractivity contribution in [2.24, 2.45) is 4.99 Å². The molecule has 2 atom stereocenters. The molecule has 0 saturated carbocycles. The summed E-state index contributed by atoms with van der Waals surface area (Å²) in [5.41, 5.74) is 3.24. The van der Waals surface area contributed by atoms with Crippen LogP contribution in [0, 0.1) is 6.92 Å². The van der Waals surface area contributed by atoms with Crippen LogP contribution < -0.4 is 4.90 Å². The van der Waals surface area contributed by atoms with E-state index in [-0.39, 0.29) is 28.7 Å². The Morgan fingerprint density at radius 3 is 2.75 bits per heavy atom. The van der Waals surface area contributed by atoms with Gasteiger partial charge in [-0.15, -0.1) is 0 Å². The third-order valence-electron chi connectivity index (χ3n) is 4.53. The van der Waals surface area contributed by atoms with Crippen LogP contribution >= 0.6 is 11.8 Å². The Balaban J connectivity index is 2.12. The van der Waals surface area contributed by atoms with Crippen molar-refractivity contribution in [1.29, 1.82) is 0 Å². The van der Waals surface area contributed by atoms with Gasteiger partial charge in [-0.1, -0.05) is 43.8 Å². The van der Waals surface area contributed by atoms with E-state index >= 15 is 0 Å². The topological polar surface area (TPSA) is 66.8 Å². The monoisotopic (exact) mass is 366 g/mol. The molecular weight excluding hydrogens is 344 g/mol. The third kappa shape index (κ3) is 3.11. The van der Waals surface area contributed by atoms with E-state index in [9.17, 15) is 13.2 Å². The molecule has 0 bridgehead atoms. The molecule has 1 aromatic carbocycles. The fourth-order valence-corrected chi connectivity index (χ4v) is 7.28. The van der Waals surface area contributed by atoms with Crippen molar-refractivity contribution in [3.63, 3.8) is 0 Å². The van der Waals surface area contributed by atoms with Crippen LogP contribution in [0.4, 0.5) is 5.69 Å². The number of para-hydroxylation sites is 1. The highest BCUT2D eigenvalue weighted by molar-refractivity contribution is 8.16. The van der Waals surface area contributed by atoms with Gasteiger partial charge < -0.3 is 4.90 Å². The fraction of sp³-hybridized carbons (Fsp3) is 0.529. The molecule has 2 saturated heterocycles. The van der Waals surface area contributed by atoms with Gasteiger partial charge in [0.2, 0.25) is 5.91 Å². The van der Waals surface area contributed by atoms with Crippen LogP contribution in [0.3, 0.4) is 0 Å². The number of fused-ring (bicyclic) bond motifs is 1. The molecule has 1 amide bonds. The number of rotatable bonds is 3. The Morgan fingerprint density at radius 2 is 2.08 bits per heavy atom. The summed E-state index contributed by atoms with van der Waals surface area (Å²) in [6.07, 6.45) is 1.19. The number of thioether (sulfide) groups is 1. The van der Waals surface area contributed by atoms with Crippen molar-refractivity contribution in [1.82, 2.24) is 0 Å². The van der Waals surface area contributed by atoms with Gasteiger partial charge in [-0.2, -0.15) is 4.99 Å². The number of nitrogens with zero attached hydrogens (tertiary/aromatic N) is 2. The van der Waals surface area contributed by atoms with Crippen molar-refractivity contribution < 1.29 is 13.2 Å². The molecule has 24 heavy (non-hydrogen) atoms. The highest BCUT2D eigenvalue weighted by Gasteiger charge is 2.50. The molecule has 2 aliphatic heterocycles. The van der Waals surface area contributed by atoms with E-state index in [0.717, 1.165) is 23.2 Å². The molecule has 0 radical (unpaired) electrons. The summed E-state index contributed by atoms with van der Waals surface area (Å²) in [7, 11) is -3.04. The predicted molar refractivity (Wildman–Crippen MR) is 99.6 cm³/mol. The Labute approximate surface area is 147 Å². The molecule has 2 heterocycles. The van der Waals surface area contributed by atoms with Gasteiger partial charge in [-0.25, -0.2) is 8.42 Å². The Bertz CT molecular complexity index is 802. The van der Waals surface area contributed by atoms with E-state index in [2.05, 4.69) is 18.0 Å². The second-order valence-electron chi connectivity index (χ2n) is 6.25. The summed E-state index contributed by atoms with van der Waals surface area (Å²) in [5, 5.41) is 0.596. The molecule has 0 aliphatic carbocycles. The van der Waals surface area contributed by atoms with Crippen LogP contribution in [0.5, 0.6) is 0 Å². The number of hydrogen-bond donors (Lipinski definition) is 0. The molecule has 0 aromatic heterocycles. The first-order valence-electron chi connectivity index (χ1n) is 8.22.